The van der Waals surface area contributed by atoms with E-state index in [2.05, 4.69) is 4.72 Å². The SMILES string of the molecule is NCCOc1ccccc1CCNS(=O)(=O)c1ccc(Cl)cc1. The second-order valence-electron chi connectivity index (χ2n) is 4.85. The summed E-state index contributed by atoms with van der Waals surface area (Å²) in [5.41, 5.74) is 6.36. The van der Waals surface area contributed by atoms with Crippen LogP contribution >= 0.6 is 11.6 Å². The molecule has 0 aliphatic carbocycles. The van der Waals surface area contributed by atoms with Crippen LogP contribution in [-0.2, 0) is 16.4 Å². The van der Waals surface area contributed by atoms with E-state index in [1.807, 2.05) is 24.3 Å². The Morgan fingerprint density at radius 2 is 1.78 bits per heavy atom. The molecule has 0 aliphatic heterocycles. The number of sulfonamides is 1. The first-order valence-corrected chi connectivity index (χ1v) is 9.05. The Morgan fingerprint density at radius 3 is 2.48 bits per heavy atom. The molecule has 0 unspecified atom stereocenters. The third-order valence-electron chi connectivity index (χ3n) is 3.16. The fourth-order valence-corrected chi connectivity index (χ4v) is 3.20. The summed E-state index contributed by atoms with van der Waals surface area (Å²) in [7, 11) is -3.55. The maximum Gasteiger partial charge on any atom is 0.240 e. The average molecular weight is 355 g/mol. The van der Waals surface area contributed by atoms with Crippen LogP contribution in [0.25, 0.3) is 0 Å². The van der Waals surface area contributed by atoms with Crippen molar-refractivity contribution in [2.45, 2.75) is 11.3 Å². The Labute approximate surface area is 141 Å². The van der Waals surface area contributed by atoms with Gasteiger partial charge in [0.15, 0.2) is 0 Å². The van der Waals surface area contributed by atoms with Crippen molar-refractivity contribution >= 4 is 21.6 Å². The normalized spacial score (nSPS) is 11.4. The molecule has 0 fully saturated rings. The van der Waals surface area contributed by atoms with Crippen LogP contribution in [0.1, 0.15) is 5.56 Å². The van der Waals surface area contributed by atoms with E-state index in [9.17, 15) is 8.42 Å². The molecule has 0 saturated heterocycles. The highest BCUT2D eigenvalue weighted by molar-refractivity contribution is 7.89. The number of hydrogen-bond donors (Lipinski definition) is 2. The molecule has 2 rings (SSSR count). The van der Waals surface area contributed by atoms with Crippen LogP contribution in [-0.4, -0.2) is 28.1 Å². The molecule has 0 radical (unpaired) electrons. The molecule has 124 valence electrons. The number of ether oxygens (including phenoxy) is 1. The van der Waals surface area contributed by atoms with Gasteiger partial charge in [-0.05, 0) is 42.3 Å². The second-order valence-corrected chi connectivity index (χ2v) is 7.05. The van der Waals surface area contributed by atoms with E-state index in [0.717, 1.165) is 11.3 Å². The maximum absolute atomic E-state index is 12.2. The molecule has 0 saturated carbocycles. The van der Waals surface area contributed by atoms with E-state index in [-0.39, 0.29) is 11.4 Å². The summed E-state index contributed by atoms with van der Waals surface area (Å²) in [6, 6.07) is 13.6. The molecule has 0 aliphatic rings. The number of para-hydroxylation sites is 1. The highest BCUT2D eigenvalue weighted by atomic mass is 35.5. The molecule has 23 heavy (non-hydrogen) atoms. The molecular weight excluding hydrogens is 336 g/mol. The van der Waals surface area contributed by atoms with Gasteiger partial charge in [-0.3, -0.25) is 0 Å². The van der Waals surface area contributed by atoms with Crippen LogP contribution in [0.3, 0.4) is 0 Å². The number of nitrogens with one attached hydrogen (secondary N) is 1. The summed E-state index contributed by atoms with van der Waals surface area (Å²) in [6.07, 6.45) is 0.521. The molecule has 0 atom stereocenters. The first-order chi connectivity index (χ1) is 11.0. The Hall–Kier alpha value is -1.60. The topological polar surface area (TPSA) is 81.4 Å². The summed E-state index contributed by atoms with van der Waals surface area (Å²) >= 11 is 5.77. The Kier molecular flexibility index (Phi) is 6.41. The fraction of sp³-hybridized carbons (Fsp3) is 0.250. The van der Waals surface area contributed by atoms with Gasteiger partial charge in [0.25, 0.3) is 0 Å². The van der Waals surface area contributed by atoms with E-state index >= 15 is 0 Å². The third kappa shape index (κ3) is 5.21. The smallest absolute Gasteiger partial charge is 0.240 e. The predicted molar refractivity (Wildman–Crippen MR) is 91.3 cm³/mol. The lowest BCUT2D eigenvalue weighted by Crippen LogP contribution is -2.26. The van der Waals surface area contributed by atoms with Gasteiger partial charge < -0.3 is 10.5 Å². The summed E-state index contributed by atoms with van der Waals surface area (Å²) in [4.78, 5) is 0.189. The molecule has 2 aromatic rings. The molecule has 0 amide bonds. The van der Waals surface area contributed by atoms with E-state index in [4.69, 9.17) is 22.1 Å². The van der Waals surface area contributed by atoms with Gasteiger partial charge in [0.1, 0.15) is 12.4 Å². The van der Waals surface area contributed by atoms with Gasteiger partial charge in [-0.2, -0.15) is 0 Å². The van der Waals surface area contributed by atoms with Crippen molar-refractivity contribution in [1.29, 1.82) is 0 Å². The Bertz CT molecular complexity index is 733. The van der Waals surface area contributed by atoms with E-state index in [0.29, 0.717) is 24.6 Å². The average Bonchev–Trinajstić information content (AvgIpc) is 2.54. The third-order valence-corrected chi connectivity index (χ3v) is 4.89. The van der Waals surface area contributed by atoms with Gasteiger partial charge in [0, 0.05) is 18.1 Å². The number of hydrogen-bond acceptors (Lipinski definition) is 4. The van der Waals surface area contributed by atoms with E-state index in [1.54, 1.807) is 12.1 Å². The van der Waals surface area contributed by atoms with Crippen molar-refractivity contribution in [2.24, 2.45) is 5.73 Å². The summed E-state index contributed by atoms with van der Waals surface area (Å²) in [5, 5.41) is 0.495. The van der Waals surface area contributed by atoms with Gasteiger partial charge >= 0.3 is 0 Å². The number of benzene rings is 2. The molecular formula is C16H19ClN2O3S. The lowest BCUT2D eigenvalue weighted by Gasteiger charge is -2.11. The van der Waals surface area contributed by atoms with Crippen molar-refractivity contribution < 1.29 is 13.2 Å². The number of rotatable bonds is 8. The van der Waals surface area contributed by atoms with Gasteiger partial charge in [0.2, 0.25) is 10.0 Å². The van der Waals surface area contributed by atoms with Gasteiger partial charge in [0.05, 0.1) is 4.90 Å². The summed E-state index contributed by atoms with van der Waals surface area (Å²) in [5.74, 6) is 0.726. The summed E-state index contributed by atoms with van der Waals surface area (Å²) in [6.45, 7) is 1.12. The number of halogens is 1. The standard InChI is InChI=1S/C16H19ClN2O3S/c17-14-5-7-15(8-6-14)23(20,21)19-11-9-13-3-1-2-4-16(13)22-12-10-18/h1-8,19H,9-12,18H2. The largest absolute Gasteiger partial charge is 0.492 e. The molecule has 3 N–H and O–H groups in total. The molecule has 0 aromatic heterocycles. The molecule has 2 aromatic carbocycles. The first-order valence-electron chi connectivity index (χ1n) is 7.19. The van der Waals surface area contributed by atoms with Crippen LogP contribution < -0.4 is 15.2 Å². The molecule has 7 heteroatoms. The Balaban J connectivity index is 1.98. The Morgan fingerprint density at radius 1 is 1.09 bits per heavy atom. The molecule has 5 nitrogen and oxygen atoms in total. The predicted octanol–water partition coefficient (Wildman–Crippen LogP) is 2.20. The van der Waals surface area contributed by atoms with Gasteiger partial charge in [-0.15, -0.1) is 0 Å². The van der Waals surface area contributed by atoms with Crippen LogP contribution in [0.2, 0.25) is 5.02 Å². The lowest BCUT2D eigenvalue weighted by atomic mass is 10.1. The fourth-order valence-electron chi connectivity index (χ4n) is 2.04. The zero-order chi connectivity index (χ0) is 16.7. The van der Waals surface area contributed by atoms with Crippen molar-refractivity contribution in [3.63, 3.8) is 0 Å². The van der Waals surface area contributed by atoms with Crippen molar-refractivity contribution in [3.05, 3.63) is 59.1 Å². The van der Waals surface area contributed by atoms with Crippen molar-refractivity contribution in [3.8, 4) is 5.75 Å². The molecule has 0 bridgehead atoms. The van der Waals surface area contributed by atoms with E-state index < -0.39 is 10.0 Å². The maximum atomic E-state index is 12.2. The van der Waals surface area contributed by atoms with E-state index in [1.165, 1.54) is 12.1 Å². The van der Waals surface area contributed by atoms with Crippen molar-refractivity contribution in [2.75, 3.05) is 19.7 Å². The monoisotopic (exact) mass is 354 g/mol. The van der Waals surface area contributed by atoms with Crippen LogP contribution in [0.15, 0.2) is 53.4 Å². The van der Waals surface area contributed by atoms with Crippen LogP contribution in [0.5, 0.6) is 5.75 Å². The minimum Gasteiger partial charge on any atom is -0.492 e. The molecule has 0 spiro atoms. The van der Waals surface area contributed by atoms with Crippen LogP contribution in [0.4, 0.5) is 0 Å². The lowest BCUT2D eigenvalue weighted by molar-refractivity contribution is 0.325. The minimum absolute atomic E-state index is 0.189. The first kappa shape index (κ1) is 17.7. The highest BCUT2D eigenvalue weighted by Crippen LogP contribution is 2.18. The highest BCUT2D eigenvalue weighted by Gasteiger charge is 2.13. The minimum atomic E-state index is -3.55. The number of nitrogens with two attached hydrogens (primary N) is 1. The van der Waals surface area contributed by atoms with Crippen molar-refractivity contribution in [1.82, 2.24) is 4.72 Å². The van der Waals surface area contributed by atoms with Gasteiger partial charge in [-0.1, -0.05) is 29.8 Å². The van der Waals surface area contributed by atoms with Gasteiger partial charge in [-0.25, -0.2) is 13.1 Å². The van der Waals surface area contributed by atoms with Crippen LogP contribution in [0, 0.1) is 0 Å². The summed E-state index contributed by atoms with van der Waals surface area (Å²) < 4.78 is 32.5. The zero-order valence-corrected chi connectivity index (χ0v) is 14.1. The second kappa shape index (κ2) is 8.31. The zero-order valence-electron chi connectivity index (χ0n) is 12.5. The quantitative estimate of drug-likeness (QED) is 0.761. The molecule has 0 heterocycles.